The van der Waals surface area contributed by atoms with E-state index >= 15 is 0 Å². The Kier molecular flexibility index (Phi) is 4.86. The van der Waals surface area contributed by atoms with Crippen molar-refractivity contribution in [2.45, 2.75) is 6.92 Å². The van der Waals surface area contributed by atoms with Crippen LogP contribution in [0.4, 0.5) is 5.13 Å². The third kappa shape index (κ3) is 3.43. The first-order valence-electron chi connectivity index (χ1n) is 5.70. The molecule has 0 aliphatic rings. The molecular formula is C13H12BrN3O2S. The van der Waals surface area contributed by atoms with Crippen molar-refractivity contribution in [1.29, 1.82) is 0 Å². The van der Waals surface area contributed by atoms with E-state index in [-0.39, 0.29) is 0 Å². The molecule has 0 aliphatic heterocycles. The Morgan fingerprint density at radius 1 is 1.55 bits per heavy atom. The number of hydrogen-bond donors (Lipinski definition) is 1. The minimum atomic E-state index is -0.413. The molecule has 104 valence electrons. The predicted molar refractivity (Wildman–Crippen MR) is 83.5 cm³/mol. The first kappa shape index (κ1) is 14.7. The van der Waals surface area contributed by atoms with Crippen LogP contribution in [-0.2, 0) is 4.74 Å². The predicted octanol–water partition coefficient (Wildman–Crippen LogP) is 3.45. The Balaban J connectivity index is 2.20. The number of ether oxygens (including phenoxy) is 1. The van der Waals surface area contributed by atoms with Crippen LogP contribution in [0, 0.1) is 6.92 Å². The molecule has 7 heteroatoms. The normalized spacial score (nSPS) is 10.8. The summed E-state index contributed by atoms with van der Waals surface area (Å²) in [7, 11) is 1.35. The van der Waals surface area contributed by atoms with E-state index in [4.69, 9.17) is 4.74 Å². The Bertz CT molecular complexity index is 655. The number of carbonyl (C=O) groups excluding carboxylic acids is 1. The third-order valence-electron chi connectivity index (χ3n) is 2.42. The van der Waals surface area contributed by atoms with E-state index in [1.807, 2.05) is 18.4 Å². The summed E-state index contributed by atoms with van der Waals surface area (Å²) in [5.74, 6) is -0.413. The average molecular weight is 354 g/mol. The van der Waals surface area contributed by atoms with Gasteiger partial charge in [0.15, 0.2) is 0 Å². The molecule has 0 unspecified atom stereocenters. The highest BCUT2D eigenvalue weighted by Crippen LogP contribution is 2.21. The summed E-state index contributed by atoms with van der Waals surface area (Å²) in [6.07, 6.45) is 1.56. The van der Waals surface area contributed by atoms with Crippen molar-refractivity contribution in [3.8, 4) is 0 Å². The van der Waals surface area contributed by atoms with Gasteiger partial charge in [0.2, 0.25) is 5.13 Å². The van der Waals surface area contributed by atoms with E-state index < -0.39 is 5.97 Å². The zero-order chi connectivity index (χ0) is 14.5. The van der Waals surface area contributed by atoms with Gasteiger partial charge in [0.1, 0.15) is 0 Å². The SMILES string of the molecule is COC(=O)c1c(Br)cccc1C=NNc1nc(C)cs1. The molecule has 1 aromatic carbocycles. The average Bonchev–Trinajstić information content (AvgIpc) is 2.84. The number of hydrogen-bond acceptors (Lipinski definition) is 6. The van der Waals surface area contributed by atoms with Crippen molar-refractivity contribution in [2.75, 3.05) is 12.5 Å². The topological polar surface area (TPSA) is 63.6 Å². The largest absolute Gasteiger partial charge is 0.465 e. The Morgan fingerprint density at radius 2 is 2.35 bits per heavy atom. The molecule has 0 aliphatic carbocycles. The second-order valence-electron chi connectivity index (χ2n) is 3.86. The standard InChI is InChI=1S/C13H12BrN3O2S/c1-8-7-20-13(16-8)17-15-6-9-4-3-5-10(14)11(9)12(18)19-2/h3-7H,1-2H3,(H,16,17). The molecule has 20 heavy (non-hydrogen) atoms. The van der Waals surface area contributed by atoms with Gasteiger partial charge in [-0.05, 0) is 28.9 Å². The molecule has 0 atom stereocenters. The molecule has 5 nitrogen and oxygen atoms in total. The molecule has 0 bridgehead atoms. The second-order valence-corrected chi connectivity index (χ2v) is 5.57. The van der Waals surface area contributed by atoms with Crippen LogP contribution in [0.1, 0.15) is 21.6 Å². The number of anilines is 1. The lowest BCUT2D eigenvalue weighted by Crippen LogP contribution is -2.07. The number of aromatic nitrogens is 1. The first-order chi connectivity index (χ1) is 9.61. The molecule has 2 aromatic rings. The van der Waals surface area contributed by atoms with Crippen LogP contribution in [-0.4, -0.2) is 24.3 Å². The van der Waals surface area contributed by atoms with Crippen molar-refractivity contribution in [2.24, 2.45) is 5.10 Å². The summed E-state index contributed by atoms with van der Waals surface area (Å²) < 4.78 is 5.43. The molecule has 0 saturated carbocycles. The summed E-state index contributed by atoms with van der Waals surface area (Å²) in [6, 6.07) is 5.39. The van der Waals surface area contributed by atoms with Gasteiger partial charge in [-0.2, -0.15) is 5.10 Å². The molecule has 0 fully saturated rings. The number of aryl methyl sites for hydroxylation is 1. The number of halogens is 1. The number of hydrazone groups is 1. The van der Waals surface area contributed by atoms with Crippen LogP contribution in [0.5, 0.6) is 0 Å². The van der Waals surface area contributed by atoms with Gasteiger partial charge in [0.05, 0.1) is 24.6 Å². The quantitative estimate of drug-likeness (QED) is 0.519. The van der Waals surface area contributed by atoms with Crippen molar-refractivity contribution in [3.05, 3.63) is 44.9 Å². The molecule has 0 amide bonds. The smallest absolute Gasteiger partial charge is 0.339 e. The van der Waals surface area contributed by atoms with E-state index in [1.54, 1.807) is 18.3 Å². The van der Waals surface area contributed by atoms with Gasteiger partial charge in [-0.3, -0.25) is 5.43 Å². The van der Waals surface area contributed by atoms with Crippen LogP contribution in [0.25, 0.3) is 0 Å². The molecular weight excluding hydrogens is 342 g/mol. The first-order valence-corrected chi connectivity index (χ1v) is 7.37. The fourth-order valence-corrected chi connectivity index (χ4v) is 2.71. The number of carbonyl (C=O) groups is 1. The van der Waals surface area contributed by atoms with E-state index in [0.29, 0.717) is 20.7 Å². The Hall–Kier alpha value is -1.73. The highest BCUT2D eigenvalue weighted by Gasteiger charge is 2.14. The van der Waals surface area contributed by atoms with Gasteiger partial charge in [0, 0.05) is 15.4 Å². The molecule has 0 radical (unpaired) electrons. The third-order valence-corrected chi connectivity index (χ3v) is 3.94. The van der Waals surface area contributed by atoms with Crippen LogP contribution >= 0.6 is 27.3 Å². The van der Waals surface area contributed by atoms with E-state index in [0.717, 1.165) is 5.69 Å². The maximum absolute atomic E-state index is 11.7. The Morgan fingerprint density at radius 3 is 3.00 bits per heavy atom. The van der Waals surface area contributed by atoms with Crippen LogP contribution in [0.2, 0.25) is 0 Å². The highest BCUT2D eigenvalue weighted by molar-refractivity contribution is 9.10. The Labute approximate surface area is 128 Å². The van der Waals surface area contributed by atoms with Crippen molar-refractivity contribution >= 4 is 44.6 Å². The summed E-state index contributed by atoms with van der Waals surface area (Å²) in [6.45, 7) is 1.91. The fraction of sp³-hybridized carbons (Fsp3) is 0.154. The van der Waals surface area contributed by atoms with Gasteiger partial charge < -0.3 is 4.74 Å². The molecule has 1 heterocycles. The summed E-state index contributed by atoms with van der Waals surface area (Å²) in [5, 5.41) is 6.72. The van der Waals surface area contributed by atoms with Crippen molar-refractivity contribution in [1.82, 2.24) is 4.98 Å². The molecule has 0 saturated heterocycles. The number of esters is 1. The summed E-state index contributed by atoms with van der Waals surface area (Å²) in [5.41, 5.74) is 4.86. The number of rotatable bonds is 4. The van der Waals surface area contributed by atoms with Crippen LogP contribution in [0.3, 0.4) is 0 Å². The van der Waals surface area contributed by atoms with E-state index in [9.17, 15) is 4.79 Å². The molecule has 2 rings (SSSR count). The minimum Gasteiger partial charge on any atom is -0.465 e. The minimum absolute atomic E-state index is 0.413. The summed E-state index contributed by atoms with van der Waals surface area (Å²) >= 11 is 4.80. The van der Waals surface area contributed by atoms with Gasteiger partial charge >= 0.3 is 5.97 Å². The lowest BCUT2D eigenvalue weighted by Gasteiger charge is -2.05. The summed E-state index contributed by atoms with van der Waals surface area (Å²) in [4.78, 5) is 16.0. The van der Waals surface area contributed by atoms with Gasteiger partial charge in [0.25, 0.3) is 0 Å². The molecule has 1 N–H and O–H groups in total. The van der Waals surface area contributed by atoms with Gasteiger partial charge in [-0.15, -0.1) is 11.3 Å². The second kappa shape index (κ2) is 6.62. The highest BCUT2D eigenvalue weighted by atomic mass is 79.9. The van der Waals surface area contributed by atoms with E-state index in [1.165, 1.54) is 18.4 Å². The van der Waals surface area contributed by atoms with Crippen molar-refractivity contribution < 1.29 is 9.53 Å². The lowest BCUT2D eigenvalue weighted by molar-refractivity contribution is 0.0599. The van der Waals surface area contributed by atoms with Gasteiger partial charge in [-0.1, -0.05) is 12.1 Å². The van der Waals surface area contributed by atoms with Crippen LogP contribution in [0.15, 0.2) is 33.2 Å². The number of benzene rings is 1. The molecule has 0 spiro atoms. The number of methoxy groups -OCH3 is 1. The maximum Gasteiger partial charge on any atom is 0.339 e. The monoisotopic (exact) mass is 353 g/mol. The molecule has 1 aromatic heterocycles. The zero-order valence-electron chi connectivity index (χ0n) is 10.9. The van der Waals surface area contributed by atoms with Crippen molar-refractivity contribution in [3.63, 3.8) is 0 Å². The number of thiazole rings is 1. The van der Waals surface area contributed by atoms with Crippen LogP contribution < -0.4 is 5.43 Å². The van der Waals surface area contributed by atoms with E-state index in [2.05, 4.69) is 31.4 Å². The lowest BCUT2D eigenvalue weighted by atomic mass is 10.1. The number of nitrogens with zero attached hydrogens (tertiary/aromatic N) is 2. The van der Waals surface area contributed by atoms with Gasteiger partial charge in [-0.25, -0.2) is 9.78 Å². The fourth-order valence-electron chi connectivity index (χ4n) is 1.53. The number of nitrogens with one attached hydrogen (secondary N) is 1. The maximum atomic E-state index is 11.7. The zero-order valence-corrected chi connectivity index (χ0v) is 13.3.